The standard InChI is InChI=1S/C26H21ClF3N5O2/c27-20-9-8-17(14-19(20)26(28,29)30)25(37)35-12-10-34(11-13-35)24(36)16-6-4-15(5-7-16)18-2-1-3-21-22(18)23(31)33-32-21/h1-9,14H,10-13H2,(H3,31,32,33). The molecule has 1 aliphatic heterocycles. The quantitative estimate of drug-likeness (QED) is 0.388. The van der Waals surface area contributed by atoms with Crippen molar-refractivity contribution in [1.82, 2.24) is 20.0 Å². The molecule has 190 valence electrons. The highest BCUT2D eigenvalue weighted by molar-refractivity contribution is 6.31. The molecule has 1 aromatic heterocycles. The van der Waals surface area contributed by atoms with E-state index in [1.54, 1.807) is 17.0 Å². The van der Waals surface area contributed by atoms with Gasteiger partial charge >= 0.3 is 6.18 Å². The molecule has 0 spiro atoms. The third-order valence-electron chi connectivity index (χ3n) is 6.43. The van der Waals surface area contributed by atoms with Gasteiger partial charge < -0.3 is 15.5 Å². The minimum Gasteiger partial charge on any atom is -0.382 e. The number of anilines is 1. The number of nitrogens with two attached hydrogens (primary N) is 1. The number of nitrogens with one attached hydrogen (secondary N) is 1. The number of aromatic nitrogens is 2. The predicted octanol–water partition coefficient (Wildman–Crippen LogP) is 5.08. The molecule has 5 rings (SSSR count). The Bertz CT molecular complexity index is 1490. The van der Waals surface area contributed by atoms with Gasteiger partial charge in [0, 0.05) is 37.3 Å². The third-order valence-corrected chi connectivity index (χ3v) is 6.76. The summed E-state index contributed by atoms with van der Waals surface area (Å²) in [7, 11) is 0. The van der Waals surface area contributed by atoms with Gasteiger partial charge in [0.25, 0.3) is 11.8 Å². The average molecular weight is 528 g/mol. The molecule has 0 aliphatic carbocycles. The number of piperazine rings is 1. The third kappa shape index (κ3) is 4.72. The number of aromatic amines is 1. The average Bonchev–Trinajstić information content (AvgIpc) is 3.28. The number of fused-ring (bicyclic) bond motifs is 1. The minimum atomic E-state index is -4.66. The number of halogens is 4. The molecule has 2 heterocycles. The van der Waals surface area contributed by atoms with Crippen molar-refractivity contribution in [1.29, 1.82) is 0 Å². The van der Waals surface area contributed by atoms with Gasteiger partial charge in [-0.05, 0) is 47.5 Å². The van der Waals surface area contributed by atoms with Crippen molar-refractivity contribution in [2.45, 2.75) is 6.18 Å². The highest BCUT2D eigenvalue weighted by atomic mass is 35.5. The van der Waals surface area contributed by atoms with Crippen LogP contribution < -0.4 is 5.73 Å². The molecule has 11 heteroatoms. The molecule has 37 heavy (non-hydrogen) atoms. The summed E-state index contributed by atoms with van der Waals surface area (Å²) in [6.07, 6.45) is -4.66. The lowest BCUT2D eigenvalue weighted by molar-refractivity contribution is -0.137. The number of carbonyl (C=O) groups excluding carboxylic acids is 2. The first kappa shape index (κ1) is 24.6. The van der Waals surface area contributed by atoms with Crippen molar-refractivity contribution in [2.75, 3.05) is 31.9 Å². The van der Waals surface area contributed by atoms with E-state index in [9.17, 15) is 22.8 Å². The van der Waals surface area contributed by atoms with Gasteiger partial charge in [0.1, 0.15) is 0 Å². The molecule has 0 radical (unpaired) electrons. The molecule has 4 aromatic rings. The molecule has 0 saturated carbocycles. The fourth-order valence-electron chi connectivity index (χ4n) is 4.48. The fourth-order valence-corrected chi connectivity index (χ4v) is 4.71. The number of benzene rings is 3. The Kier molecular flexibility index (Phi) is 6.28. The Balaban J connectivity index is 1.26. The summed E-state index contributed by atoms with van der Waals surface area (Å²) in [5, 5.41) is 7.29. The Labute approximate surface area is 214 Å². The second-order valence-corrected chi connectivity index (χ2v) is 9.10. The molecule has 1 saturated heterocycles. The number of nitrogens with zero attached hydrogens (tertiary/aromatic N) is 3. The normalized spacial score (nSPS) is 14.3. The topological polar surface area (TPSA) is 95.3 Å². The van der Waals surface area contributed by atoms with E-state index in [0.717, 1.165) is 34.2 Å². The number of nitrogen functional groups attached to an aromatic ring is 1. The van der Waals surface area contributed by atoms with Crippen molar-refractivity contribution < 1.29 is 22.8 Å². The molecule has 2 amide bonds. The number of H-pyrrole nitrogens is 1. The van der Waals surface area contributed by atoms with E-state index in [2.05, 4.69) is 10.2 Å². The van der Waals surface area contributed by atoms with E-state index in [1.165, 1.54) is 11.0 Å². The molecule has 1 aliphatic rings. The van der Waals surface area contributed by atoms with Crippen LogP contribution in [0.1, 0.15) is 26.3 Å². The summed E-state index contributed by atoms with van der Waals surface area (Å²) < 4.78 is 39.5. The van der Waals surface area contributed by atoms with Crippen molar-refractivity contribution in [3.63, 3.8) is 0 Å². The summed E-state index contributed by atoms with van der Waals surface area (Å²) in [6.45, 7) is 0.927. The van der Waals surface area contributed by atoms with Crippen molar-refractivity contribution in [2.24, 2.45) is 0 Å². The van der Waals surface area contributed by atoms with E-state index in [0.29, 0.717) is 11.4 Å². The van der Waals surface area contributed by atoms with Crippen LogP contribution in [-0.4, -0.2) is 58.0 Å². The van der Waals surface area contributed by atoms with Crippen molar-refractivity contribution in [3.8, 4) is 11.1 Å². The monoisotopic (exact) mass is 527 g/mol. The largest absolute Gasteiger partial charge is 0.417 e. The predicted molar refractivity (Wildman–Crippen MR) is 134 cm³/mol. The molecule has 3 aromatic carbocycles. The van der Waals surface area contributed by atoms with Gasteiger partial charge in [0.2, 0.25) is 0 Å². The molecule has 1 fully saturated rings. The van der Waals surface area contributed by atoms with E-state index in [1.807, 2.05) is 30.3 Å². The number of amides is 2. The van der Waals surface area contributed by atoms with Crippen molar-refractivity contribution >= 4 is 40.1 Å². The molecular weight excluding hydrogens is 507 g/mol. The molecule has 0 atom stereocenters. The first-order chi connectivity index (χ1) is 17.6. The summed E-state index contributed by atoms with van der Waals surface area (Å²) in [4.78, 5) is 28.9. The van der Waals surface area contributed by atoms with Crippen LogP contribution in [0, 0.1) is 0 Å². The van der Waals surface area contributed by atoms with Gasteiger partial charge in [-0.15, -0.1) is 0 Å². The summed E-state index contributed by atoms with van der Waals surface area (Å²) >= 11 is 5.66. The van der Waals surface area contributed by atoms with Crippen LogP contribution in [0.5, 0.6) is 0 Å². The molecule has 0 bridgehead atoms. The first-order valence-electron chi connectivity index (χ1n) is 11.4. The van der Waals surface area contributed by atoms with Crippen molar-refractivity contribution in [3.05, 3.63) is 82.4 Å². The van der Waals surface area contributed by atoms with Crippen LogP contribution in [0.4, 0.5) is 19.0 Å². The zero-order chi connectivity index (χ0) is 26.3. The SMILES string of the molecule is Nc1n[nH]c2cccc(-c3ccc(C(=O)N4CCN(C(=O)c5ccc(Cl)c(C(F)(F)F)c5)CC4)cc3)c12. The van der Waals surface area contributed by atoms with Crippen LogP contribution in [0.3, 0.4) is 0 Å². The summed E-state index contributed by atoms with van der Waals surface area (Å²) in [5.41, 5.74) is 7.94. The van der Waals surface area contributed by atoms with Crippen LogP contribution in [0.25, 0.3) is 22.0 Å². The number of hydrogen-bond donors (Lipinski definition) is 2. The summed E-state index contributed by atoms with van der Waals surface area (Å²) in [6, 6.07) is 16.0. The lowest BCUT2D eigenvalue weighted by Crippen LogP contribution is -2.50. The Morgan fingerprint density at radius 1 is 0.892 bits per heavy atom. The molecule has 7 nitrogen and oxygen atoms in total. The number of hydrogen-bond acceptors (Lipinski definition) is 4. The number of alkyl halides is 3. The highest BCUT2D eigenvalue weighted by Crippen LogP contribution is 2.35. The Morgan fingerprint density at radius 3 is 2.11 bits per heavy atom. The molecular formula is C26H21ClF3N5O2. The lowest BCUT2D eigenvalue weighted by Gasteiger charge is -2.35. The Morgan fingerprint density at radius 2 is 1.49 bits per heavy atom. The second-order valence-electron chi connectivity index (χ2n) is 8.69. The number of rotatable bonds is 3. The highest BCUT2D eigenvalue weighted by Gasteiger charge is 2.34. The maximum atomic E-state index is 13.2. The van der Waals surface area contributed by atoms with Crippen LogP contribution in [0.15, 0.2) is 60.7 Å². The van der Waals surface area contributed by atoms with E-state index in [4.69, 9.17) is 17.3 Å². The smallest absolute Gasteiger partial charge is 0.382 e. The number of carbonyl (C=O) groups is 2. The van der Waals surface area contributed by atoms with Gasteiger partial charge in [-0.3, -0.25) is 14.7 Å². The van der Waals surface area contributed by atoms with Gasteiger partial charge in [0.05, 0.1) is 21.5 Å². The Hall–Kier alpha value is -4.05. The maximum Gasteiger partial charge on any atom is 0.417 e. The van der Waals surface area contributed by atoms with Gasteiger partial charge in [-0.1, -0.05) is 35.9 Å². The van der Waals surface area contributed by atoms with Gasteiger partial charge in [-0.2, -0.15) is 18.3 Å². The van der Waals surface area contributed by atoms with Gasteiger partial charge in [-0.25, -0.2) is 0 Å². The zero-order valence-electron chi connectivity index (χ0n) is 19.3. The van der Waals surface area contributed by atoms with E-state index >= 15 is 0 Å². The molecule has 0 unspecified atom stereocenters. The van der Waals surface area contributed by atoms with E-state index in [-0.39, 0.29) is 37.6 Å². The van der Waals surface area contributed by atoms with Crippen LogP contribution in [0.2, 0.25) is 5.02 Å². The second kappa shape index (κ2) is 9.44. The minimum absolute atomic E-state index is 0.0969. The first-order valence-corrected chi connectivity index (χ1v) is 11.8. The summed E-state index contributed by atoms with van der Waals surface area (Å²) in [5.74, 6) is -0.330. The van der Waals surface area contributed by atoms with Crippen LogP contribution >= 0.6 is 11.6 Å². The van der Waals surface area contributed by atoms with E-state index < -0.39 is 22.7 Å². The molecule has 3 N–H and O–H groups in total. The van der Waals surface area contributed by atoms with Gasteiger partial charge in [0.15, 0.2) is 5.82 Å². The van der Waals surface area contributed by atoms with Crippen LogP contribution in [-0.2, 0) is 6.18 Å². The zero-order valence-corrected chi connectivity index (χ0v) is 20.1. The fraction of sp³-hybridized carbons (Fsp3) is 0.192. The lowest BCUT2D eigenvalue weighted by atomic mass is 10.00. The maximum absolute atomic E-state index is 13.2.